The van der Waals surface area contributed by atoms with Gasteiger partial charge >= 0.3 is 0 Å². The minimum Gasteiger partial charge on any atom is -0.352 e. The standard InChI is InChI=1S/C28H38FN3O4S/c1-20-15-16-21(2)26(18-20)32(37(4,35)36)17-9-14-27(33)31(19-23-10-5-8-13-25(23)29)22(3)28(34)30-24-11-6-7-12-24/h5,8,10,13,15-16,18,22,24H,6-7,9,11-12,14,17,19H2,1-4H3,(H,30,34)/t22-/m1/s1. The van der Waals surface area contributed by atoms with Crippen LogP contribution in [-0.2, 0) is 26.2 Å². The molecule has 2 aromatic carbocycles. The van der Waals surface area contributed by atoms with Crippen LogP contribution in [0.15, 0.2) is 42.5 Å². The van der Waals surface area contributed by atoms with Crippen LogP contribution in [0, 0.1) is 19.7 Å². The van der Waals surface area contributed by atoms with Crippen LogP contribution in [0.2, 0.25) is 0 Å². The van der Waals surface area contributed by atoms with Gasteiger partial charge in [0.05, 0.1) is 11.9 Å². The highest BCUT2D eigenvalue weighted by Crippen LogP contribution is 2.25. The number of nitrogens with zero attached hydrogens (tertiary/aromatic N) is 2. The summed E-state index contributed by atoms with van der Waals surface area (Å²) in [7, 11) is -3.58. The van der Waals surface area contributed by atoms with Gasteiger partial charge in [0.1, 0.15) is 11.9 Å². The van der Waals surface area contributed by atoms with Gasteiger partial charge in [0, 0.05) is 31.1 Å². The first-order valence-corrected chi connectivity index (χ1v) is 14.7. The molecule has 0 radical (unpaired) electrons. The molecule has 0 saturated heterocycles. The summed E-state index contributed by atoms with van der Waals surface area (Å²) in [6, 6.07) is 11.1. The second kappa shape index (κ2) is 12.5. The van der Waals surface area contributed by atoms with E-state index in [1.165, 1.54) is 15.3 Å². The first kappa shape index (κ1) is 28.6. The summed E-state index contributed by atoms with van der Waals surface area (Å²) < 4.78 is 40.9. The van der Waals surface area contributed by atoms with Crippen LogP contribution in [-0.4, -0.2) is 50.0 Å². The third-order valence-corrected chi connectivity index (χ3v) is 8.13. The Labute approximate surface area is 220 Å². The number of rotatable bonds is 11. The lowest BCUT2D eigenvalue weighted by molar-refractivity contribution is -0.141. The lowest BCUT2D eigenvalue weighted by atomic mass is 10.1. The van der Waals surface area contributed by atoms with E-state index in [0.717, 1.165) is 43.1 Å². The van der Waals surface area contributed by atoms with Crippen molar-refractivity contribution in [2.75, 3.05) is 17.1 Å². The van der Waals surface area contributed by atoms with Crippen LogP contribution in [0.5, 0.6) is 0 Å². The number of amides is 2. The summed E-state index contributed by atoms with van der Waals surface area (Å²) in [4.78, 5) is 27.8. The van der Waals surface area contributed by atoms with Gasteiger partial charge in [0.15, 0.2) is 0 Å². The zero-order valence-electron chi connectivity index (χ0n) is 22.2. The van der Waals surface area contributed by atoms with E-state index in [9.17, 15) is 22.4 Å². The largest absolute Gasteiger partial charge is 0.352 e. The Morgan fingerprint density at radius 2 is 1.78 bits per heavy atom. The van der Waals surface area contributed by atoms with Crippen LogP contribution in [0.3, 0.4) is 0 Å². The van der Waals surface area contributed by atoms with Crippen LogP contribution in [0.1, 0.15) is 62.1 Å². The van der Waals surface area contributed by atoms with E-state index in [1.807, 2.05) is 32.0 Å². The molecule has 1 aliphatic carbocycles. The average Bonchev–Trinajstić information content (AvgIpc) is 3.34. The third-order valence-electron chi connectivity index (χ3n) is 6.95. The molecule has 0 spiro atoms. The van der Waals surface area contributed by atoms with Crippen molar-refractivity contribution in [3.8, 4) is 0 Å². The maximum Gasteiger partial charge on any atom is 0.242 e. The molecule has 2 amide bonds. The molecule has 202 valence electrons. The van der Waals surface area contributed by atoms with Gasteiger partial charge in [-0.15, -0.1) is 0 Å². The molecule has 0 aliphatic heterocycles. The number of hydrogen-bond acceptors (Lipinski definition) is 4. The first-order valence-electron chi connectivity index (χ1n) is 12.9. The highest BCUT2D eigenvalue weighted by atomic mass is 32.2. The molecule has 3 rings (SSSR count). The van der Waals surface area contributed by atoms with E-state index in [1.54, 1.807) is 25.1 Å². The molecule has 0 unspecified atom stereocenters. The summed E-state index contributed by atoms with van der Waals surface area (Å²) >= 11 is 0. The van der Waals surface area contributed by atoms with Gasteiger partial charge in [-0.05, 0) is 63.3 Å². The second-order valence-corrected chi connectivity index (χ2v) is 11.9. The highest BCUT2D eigenvalue weighted by Gasteiger charge is 2.29. The van der Waals surface area contributed by atoms with Crippen LogP contribution >= 0.6 is 0 Å². The molecule has 1 N–H and O–H groups in total. The zero-order chi connectivity index (χ0) is 27.2. The van der Waals surface area contributed by atoms with Crippen molar-refractivity contribution in [2.45, 2.75) is 77.9 Å². The molecule has 1 fully saturated rings. The zero-order valence-corrected chi connectivity index (χ0v) is 23.0. The minimum absolute atomic E-state index is 0.0202. The van der Waals surface area contributed by atoms with Crippen molar-refractivity contribution < 1.29 is 22.4 Å². The Balaban J connectivity index is 1.75. The number of carbonyl (C=O) groups is 2. The van der Waals surface area contributed by atoms with Crippen LogP contribution in [0.25, 0.3) is 0 Å². The van der Waals surface area contributed by atoms with Crippen molar-refractivity contribution >= 4 is 27.5 Å². The summed E-state index contributed by atoms with van der Waals surface area (Å²) in [6.07, 6.45) is 5.38. The summed E-state index contributed by atoms with van der Waals surface area (Å²) in [5.74, 6) is -1.03. The maximum absolute atomic E-state index is 14.4. The Kier molecular flexibility index (Phi) is 9.70. The predicted octanol–water partition coefficient (Wildman–Crippen LogP) is 4.46. The number of nitrogens with one attached hydrogen (secondary N) is 1. The van der Waals surface area contributed by atoms with Crippen molar-refractivity contribution in [3.05, 3.63) is 65.0 Å². The fraction of sp³-hybridized carbons (Fsp3) is 0.500. The fourth-order valence-electron chi connectivity index (χ4n) is 4.76. The van der Waals surface area contributed by atoms with E-state index >= 15 is 0 Å². The number of anilines is 1. The third kappa shape index (κ3) is 7.77. The number of aryl methyl sites for hydroxylation is 2. The number of benzene rings is 2. The number of halogens is 1. The molecule has 37 heavy (non-hydrogen) atoms. The second-order valence-electron chi connectivity index (χ2n) is 10.0. The van der Waals surface area contributed by atoms with Crippen LogP contribution < -0.4 is 9.62 Å². The summed E-state index contributed by atoms with van der Waals surface area (Å²) in [5, 5.41) is 3.03. The highest BCUT2D eigenvalue weighted by molar-refractivity contribution is 7.92. The van der Waals surface area contributed by atoms with Crippen molar-refractivity contribution in [3.63, 3.8) is 0 Å². The predicted molar refractivity (Wildman–Crippen MR) is 144 cm³/mol. The molecular formula is C28H38FN3O4S. The van der Waals surface area contributed by atoms with Gasteiger partial charge in [0.25, 0.3) is 0 Å². The SMILES string of the molecule is Cc1ccc(C)c(N(CCCC(=O)N(Cc2ccccc2F)[C@H](C)C(=O)NC2CCCC2)S(C)(=O)=O)c1. The van der Waals surface area contributed by atoms with Gasteiger partial charge in [-0.2, -0.15) is 0 Å². The summed E-state index contributed by atoms with van der Waals surface area (Å²) in [5.41, 5.74) is 2.66. The molecule has 0 aromatic heterocycles. The van der Waals surface area contributed by atoms with Crippen LogP contribution in [0.4, 0.5) is 10.1 Å². The Morgan fingerprint density at radius 1 is 1.11 bits per heavy atom. The van der Waals surface area contributed by atoms with Gasteiger partial charge in [-0.25, -0.2) is 12.8 Å². The smallest absolute Gasteiger partial charge is 0.242 e. The van der Waals surface area contributed by atoms with E-state index in [-0.39, 0.29) is 43.8 Å². The molecule has 0 bridgehead atoms. The maximum atomic E-state index is 14.4. The summed E-state index contributed by atoms with van der Waals surface area (Å²) in [6.45, 7) is 5.47. The normalized spacial score (nSPS) is 14.8. The lowest BCUT2D eigenvalue weighted by Crippen LogP contribution is -2.49. The van der Waals surface area contributed by atoms with Crippen molar-refractivity contribution in [1.82, 2.24) is 10.2 Å². The molecular weight excluding hydrogens is 493 g/mol. The number of carbonyl (C=O) groups excluding carboxylic acids is 2. The molecule has 2 aromatic rings. The van der Waals surface area contributed by atoms with E-state index in [4.69, 9.17) is 0 Å². The van der Waals surface area contributed by atoms with Crippen molar-refractivity contribution in [1.29, 1.82) is 0 Å². The molecule has 9 heteroatoms. The van der Waals surface area contributed by atoms with Gasteiger partial charge in [-0.3, -0.25) is 13.9 Å². The quantitative estimate of drug-likeness (QED) is 0.464. The molecule has 1 aliphatic rings. The molecule has 1 atom stereocenters. The molecule has 1 saturated carbocycles. The number of hydrogen-bond donors (Lipinski definition) is 1. The van der Waals surface area contributed by atoms with E-state index < -0.39 is 21.9 Å². The Morgan fingerprint density at radius 3 is 2.43 bits per heavy atom. The number of sulfonamides is 1. The van der Waals surface area contributed by atoms with Gasteiger partial charge in [0.2, 0.25) is 21.8 Å². The van der Waals surface area contributed by atoms with E-state index in [2.05, 4.69) is 5.32 Å². The van der Waals surface area contributed by atoms with Gasteiger partial charge < -0.3 is 10.2 Å². The average molecular weight is 532 g/mol. The lowest BCUT2D eigenvalue weighted by Gasteiger charge is -2.30. The Bertz CT molecular complexity index is 1210. The van der Waals surface area contributed by atoms with E-state index in [0.29, 0.717) is 11.3 Å². The van der Waals surface area contributed by atoms with Crippen molar-refractivity contribution in [2.24, 2.45) is 0 Å². The first-order chi connectivity index (χ1) is 17.5. The minimum atomic E-state index is -3.58. The Hall–Kier alpha value is -2.94. The van der Waals surface area contributed by atoms with Gasteiger partial charge in [-0.1, -0.05) is 43.2 Å². The molecule has 7 nitrogen and oxygen atoms in total. The monoisotopic (exact) mass is 531 g/mol. The topological polar surface area (TPSA) is 86.8 Å². The molecule has 0 heterocycles. The fourth-order valence-corrected chi connectivity index (χ4v) is 5.77.